The van der Waals surface area contributed by atoms with E-state index in [9.17, 15) is 14.4 Å². The molecule has 0 radical (unpaired) electrons. The van der Waals surface area contributed by atoms with E-state index in [0.717, 1.165) is 148 Å². The number of ether oxygens (including phenoxy) is 3. The van der Waals surface area contributed by atoms with Gasteiger partial charge in [0.2, 0.25) is 0 Å². The zero-order valence-corrected chi connectivity index (χ0v) is 52.2. The molecule has 0 heterocycles. The molecule has 0 saturated carbocycles. The quantitative estimate of drug-likeness (QED) is 0.0261. The van der Waals surface area contributed by atoms with Gasteiger partial charge in [0.1, 0.15) is 13.2 Å². The van der Waals surface area contributed by atoms with E-state index in [1.165, 1.54) is 89.9 Å². The van der Waals surface area contributed by atoms with Crippen LogP contribution in [0, 0.1) is 0 Å². The summed E-state index contributed by atoms with van der Waals surface area (Å²) in [6.07, 6.45) is 98.3. The molecule has 0 aromatic heterocycles. The molecular weight excluding hydrogens is 997 g/mol. The highest BCUT2D eigenvalue weighted by Gasteiger charge is 2.19. The number of hydrogen-bond donors (Lipinski definition) is 0. The molecule has 0 rings (SSSR count). The second-order valence-corrected chi connectivity index (χ2v) is 21.3. The van der Waals surface area contributed by atoms with Gasteiger partial charge < -0.3 is 14.2 Å². The molecule has 6 nitrogen and oxygen atoms in total. The average molecular weight is 1120 g/mol. The van der Waals surface area contributed by atoms with Gasteiger partial charge in [-0.25, -0.2) is 0 Å². The van der Waals surface area contributed by atoms with Gasteiger partial charge in [-0.1, -0.05) is 288 Å². The van der Waals surface area contributed by atoms with Crippen molar-refractivity contribution < 1.29 is 28.6 Å². The third-order valence-electron chi connectivity index (χ3n) is 13.5. The van der Waals surface area contributed by atoms with Crippen LogP contribution in [-0.2, 0) is 28.6 Å². The van der Waals surface area contributed by atoms with Crippen LogP contribution < -0.4 is 0 Å². The van der Waals surface area contributed by atoms with E-state index in [1.807, 2.05) is 0 Å². The first kappa shape index (κ1) is 76.0. The minimum absolute atomic E-state index is 0.0969. The molecule has 0 aliphatic rings. The second-order valence-electron chi connectivity index (χ2n) is 21.3. The molecule has 0 saturated heterocycles. The third-order valence-corrected chi connectivity index (χ3v) is 13.5. The normalized spacial score (nSPS) is 13.2. The van der Waals surface area contributed by atoms with Crippen molar-refractivity contribution in [3.8, 4) is 0 Å². The molecule has 0 aliphatic heterocycles. The third kappa shape index (κ3) is 65.7. The maximum absolute atomic E-state index is 12.9. The smallest absolute Gasteiger partial charge is 0.306 e. The largest absolute Gasteiger partial charge is 0.462 e. The maximum Gasteiger partial charge on any atom is 0.306 e. The first-order valence-corrected chi connectivity index (χ1v) is 33.0. The van der Waals surface area contributed by atoms with Gasteiger partial charge in [0.25, 0.3) is 0 Å². The van der Waals surface area contributed by atoms with Gasteiger partial charge in [0.05, 0.1) is 0 Å². The van der Waals surface area contributed by atoms with Gasteiger partial charge in [-0.15, -0.1) is 0 Å². The standard InChI is InChI=1S/C75H120O6/c1-4-7-10-13-16-19-21-23-25-27-29-31-33-35-36-37-38-40-41-43-45-47-49-51-53-56-59-62-65-68-74(77)80-71-72(70-79-73(76)67-64-61-58-55-18-15-12-9-6-3)81-75(78)69-66-63-60-57-54-52-50-48-46-44-42-39-34-32-30-28-26-24-22-20-17-14-11-8-5-2/h7-8,10-11,16-17,19-20,23-26,29-32,35-36,38-40,42,46,48,52,54,72H,4-6,9,12-15,18,21-22,27-28,33-34,37,41,43-45,47,49-51,53,55-71H2,1-3H3/b10-7-,11-8-,19-16-,20-17-,25-23-,26-24-,31-29-,32-30-,36-35-,40-38-,42-39-,48-46-,54-52-. The Morgan fingerprint density at radius 2 is 0.481 bits per heavy atom. The number of carbonyl (C=O) groups excluding carboxylic acids is 3. The molecule has 0 fully saturated rings. The molecule has 6 heteroatoms. The second kappa shape index (κ2) is 67.5. The molecule has 456 valence electrons. The number of rotatable bonds is 58. The minimum Gasteiger partial charge on any atom is -0.462 e. The molecule has 0 spiro atoms. The van der Waals surface area contributed by atoms with Crippen molar-refractivity contribution in [3.05, 3.63) is 158 Å². The summed E-state index contributed by atoms with van der Waals surface area (Å²) in [5.74, 6) is -0.939. The van der Waals surface area contributed by atoms with Gasteiger partial charge in [-0.2, -0.15) is 0 Å². The van der Waals surface area contributed by atoms with Crippen molar-refractivity contribution in [2.24, 2.45) is 0 Å². The van der Waals surface area contributed by atoms with E-state index in [4.69, 9.17) is 14.2 Å². The van der Waals surface area contributed by atoms with Crippen LogP contribution in [0.1, 0.15) is 278 Å². The number of hydrogen-bond acceptors (Lipinski definition) is 6. The molecule has 0 aromatic rings. The monoisotopic (exact) mass is 1120 g/mol. The van der Waals surface area contributed by atoms with E-state index < -0.39 is 6.10 Å². The summed E-state index contributed by atoms with van der Waals surface area (Å²) in [7, 11) is 0. The van der Waals surface area contributed by atoms with Crippen molar-refractivity contribution in [1.82, 2.24) is 0 Å². The van der Waals surface area contributed by atoms with Crippen LogP contribution >= 0.6 is 0 Å². The Hall–Kier alpha value is -4.97. The van der Waals surface area contributed by atoms with Gasteiger partial charge in [-0.05, 0) is 128 Å². The van der Waals surface area contributed by atoms with Gasteiger partial charge in [0, 0.05) is 19.3 Å². The first-order valence-electron chi connectivity index (χ1n) is 33.0. The van der Waals surface area contributed by atoms with Crippen molar-refractivity contribution in [3.63, 3.8) is 0 Å². The minimum atomic E-state index is -0.804. The van der Waals surface area contributed by atoms with E-state index in [0.29, 0.717) is 12.8 Å². The molecule has 0 amide bonds. The molecule has 81 heavy (non-hydrogen) atoms. The Labute approximate surface area is 499 Å². The van der Waals surface area contributed by atoms with Crippen LogP contribution in [0.25, 0.3) is 0 Å². The topological polar surface area (TPSA) is 78.9 Å². The predicted molar refractivity (Wildman–Crippen MR) is 352 cm³/mol. The van der Waals surface area contributed by atoms with Gasteiger partial charge >= 0.3 is 17.9 Å². The van der Waals surface area contributed by atoms with Crippen molar-refractivity contribution in [2.75, 3.05) is 13.2 Å². The summed E-state index contributed by atoms with van der Waals surface area (Å²) in [4.78, 5) is 38.2. The summed E-state index contributed by atoms with van der Waals surface area (Å²) in [5, 5.41) is 0. The van der Waals surface area contributed by atoms with Crippen molar-refractivity contribution in [1.29, 1.82) is 0 Å². The fraction of sp³-hybridized carbons (Fsp3) is 0.613. The predicted octanol–water partition coefficient (Wildman–Crippen LogP) is 22.9. The lowest BCUT2D eigenvalue weighted by Gasteiger charge is -2.18. The fourth-order valence-electron chi connectivity index (χ4n) is 8.66. The zero-order chi connectivity index (χ0) is 58.5. The maximum atomic E-state index is 12.9. The molecule has 1 unspecified atom stereocenters. The van der Waals surface area contributed by atoms with Crippen LogP contribution in [0.3, 0.4) is 0 Å². The van der Waals surface area contributed by atoms with E-state index in [2.05, 4.69) is 179 Å². The lowest BCUT2D eigenvalue weighted by molar-refractivity contribution is -0.167. The van der Waals surface area contributed by atoms with E-state index in [1.54, 1.807) is 0 Å². The number of esters is 3. The Morgan fingerprint density at radius 3 is 0.765 bits per heavy atom. The van der Waals surface area contributed by atoms with Gasteiger partial charge in [-0.3, -0.25) is 14.4 Å². The Bertz CT molecular complexity index is 1810. The average Bonchev–Trinajstić information content (AvgIpc) is 3.47. The summed E-state index contributed by atoms with van der Waals surface area (Å²) < 4.78 is 16.9. The summed E-state index contributed by atoms with van der Waals surface area (Å²) >= 11 is 0. The van der Waals surface area contributed by atoms with Crippen LogP contribution in [-0.4, -0.2) is 37.2 Å². The Balaban J connectivity index is 4.31. The molecule has 0 aromatic carbocycles. The molecule has 0 N–H and O–H groups in total. The fourth-order valence-corrected chi connectivity index (χ4v) is 8.66. The highest BCUT2D eigenvalue weighted by atomic mass is 16.6. The first-order chi connectivity index (χ1) is 40.0. The SMILES string of the molecule is CC/C=C\C/C=C\C/C=C\C/C=C\C/C=C\C/C=C\C/C=C\CCCCCC(=O)OC(COC(=O)CCCCCCCCCCC)COC(=O)CCCCCCCCCCCC/C=C\C/C=C\C/C=C\C/C=C\C/C=C\C/C=C\CC. The molecule has 0 aliphatic carbocycles. The lowest BCUT2D eigenvalue weighted by atomic mass is 10.1. The number of allylic oxidation sites excluding steroid dienone is 26. The van der Waals surface area contributed by atoms with Crippen LogP contribution in [0.4, 0.5) is 0 Å². The summed E-state index contributed by atoms with van der Waals surface area (Å²) in [6, 6.07) is 0. The summed E-state index contributed by atoms with van der Waals surface area (Å²) in [6.45, 7) is 6.36. The zero-order valence-electron chi connectivity index (χ0n) is 52.2. The highest BCUT2D eigenvalue weighted by Crippen LogP contribution is 2.15. The van der Waals surface area contributed by atoms with E-state index in [-0.39, 0.29) is 37.5 Å². The number of carbonyl (C=O) groups is 3. The van der Waals surface area contributed by atoms with E-state index >= 15 is 0 Å². The molecular formula is C75H120O6. The van der Waals surface area contributed by atoms with Crippen molar-refractivity contribution >= 4 is 17.9 Å². The lowest BCUT2D eigenvalue weighted by Crippen LogP contribution is -2.30. The Kier molecular flexibility index (Phi) is 63.4. The summed E-state index contributed by atoms with van der Waals surface area (Å²) in [5.41, 5.74) is 0. The van der Waals surface area contributed by atoms with Gasteiger partial charge in [0.15, 0.2) is 6.10 Å². The molecule has 1 atom stereocenters. The van der Waals surface area contributed by atoms with Crippen molar-refractivity contribution in [2.45, 2.75) is 284 Å². The molecule has 0 bridgehead atoms. The van der Waals surface area contributed by atoms with Crippen LogP contribution in [0.15, 0.2) is 158 Å². The number of unbranched alkanes of at least 4 members (excludes halogenated alkanes) is 21. The highest BCUT2D eigenvalue weighted by molar-refractivity contribution is 5.71. The van der Waals surface area contributed by atoms with Crippen LogP contribution in [0.2, 0.25) is 0 Å². The van der Waals surface area contributed by atoms with Crippen LogP contribution in [0.5, 0.6) is 0 Å². The Morgan fingerprint density at radius 1 is 0.259 bits per heavy atom.